The van der Waals surface area contributed by atoms with Gasteiger partial charge in [0.1, 0.15) is 11.4 Å². The maximum atomic E-state index is 6.04. The first-order valence-electron chi connectivity index (χ1n) is 9.70. The Morgan fingerprint density at radius 1 is 1.15 bits per heavy atom. The fraction of sp³-hybridized carbons (Fsp3) is 0.409. The Kier molecular flexibility index (Phi) is 6.01. The van der Waals surface area contributed by atoms with E-state index in [9.17, 15) is 0 Å². The van der Waals surface area contributed by atoms with Crippen molar-refractivity contribution in [3.63, 3.8) is 0 Å². The number of ether oxygens (including phenoxy) is 1. The number of nitrogens with zero attached hydrogens (tertiary/aromatic N) is 3. The number of benzene rings is 1. The van der Waals surface area contributed by atoms with Gasteiger partial charge < -0.3 is 19.8 Å². The van der Waals surface area contributed by atoms with Gasteiger partial charge in [0.05, 0.1) is 17.5 Å². The van der Waals surface area contributed by atoms with Crippen molar-refractivity contribution in [2.45, 2.75) is 46.3 Å². The summed E-state index contributed by atoms with van der Waals surface area (Å²) in [7, 11) is 2.16. The Labute approximate surface area is 161 Å². The number of aromatic nitrogens is 2. The molecule has 0 fully saturated rings. The first-order valence-corrected chi connectivity index (χ1v) is 9.70. The number of nitrogens with two attached hydrogens (primary N) is 1. The average molecular weight is 367 g/mol. The summed E-state index contributed by atoms with van der Waals surface area (Å²) in [5.74, 6) is 0.878. The maximum absolute atomic E-state index is 6.04. The lowest BCUT2D eigenvalue weighted by Crippen LogP contribution is -2.20. The molecule has 0 spiro atoms. The van der Waals surface area contributed by atoms with E-state index in [0.717, 1.165) is 47.1 Å². The minimum Gasteiger partial charge on any atom is -0.491 e. The van der Waals surface area contributed by atoms with Crippen molar-refractivity contribution in [1.29, 1.82) is 0 Å². The summed E-state index contributed by atoms with van der Waals surface area (Å²) < 4.78 is 7.89. The third-order valence-corrected chi connectivity index (χ3v) is 4.55. The van der Waals surface area contributed by atoms with Crippen molar-refractivity contribution in [1.82, 2.24) is 14.3 Å². The number of nitrogen functional groups attached to an aromatic ring is 1. The molecule has 3 aromatic rings. The summed E-state index contributed by atoms with van der Waals surface area (Å²) in [5.41, 5.74) is 10.9. The molecule has 27 heavy (non-hydrogen) atoms. The predicted molar refractivity (Wildman–Crippen MR) is 112 cm³/mol. The molecule has 0 saturated heterocycles. The monoisotopic (exact) mass is 366 g/mol. The Balaban J connectivity index is 1.99. The number of imidazole rings is 1. The van der Waals surface area contributed by atoms with Gasteiger partial charge in [-0.2, -0.15) is 0 Å². The second-order valence-electron chi connectivity index (χ2n) is 7.38. The van der Waals surface area contributed by atoms with Crippen LogP contribution in [0.5, 0.6) is 5.75 Å². The van der Waals surface area contributed by atoms with E-state index in [4.69, 9.17) is 15.5 Å². The Hall–Kier alpha value is -2.53. The van der Waals surface area contributed by atoms with Crippen molar-refractivity contribution in [3.8, 4) is 17.0 Å². The molecule has 0 unspecified atom stereocenters. The van der Waals surface area contributed by atoms with Crippen molar-refractivity contribution in [3.05, 3.63) is 48.3 Å². The van der Waals surface area contributed by atoms with Crippen LogP contribution in [-0.4, -0.2) is 34.0 Å². The molecule has 1 aromatic carbocycles. The van der Waals surface area contributed by atoms with E-state index in [0.29, 0.717) is 0 Å². The molecule has 0 bridgehead atoms. The van der Waals surface area contributed by atoms with E-state index in [1.54, 1.807) is 0 Å². The second kappa shape index (κ2) is 8.44. The van der Waals surface area contributed by atoms with E-state index in [1.165, 1.54) is 12.8 Å². The molecule has 0 aliphatic heterocycles. The largest absolute Gasteiger partial charge is 0.491 e. The third kappa shape index (κ3) is 4.61. The summed E-state index contributed by atoms with van der Waals surface area (Å²) in [4.78, 5) is 7.23. The molecular formula is C22H30N4O. The van der Waals surface area contributed by atoms with Gasteiger partial charge in [-0.25, -0.2) is 4.98 Å². The van der Waals surface area contributed by atoms with Crippen LogP contribution in [0.2, 0.25) is 0 Å². The number of hydrogen-bond donors (Lipinski definition) is 1. The molecule has 2 N–H and O–H groups in total. The fourth-order valence-electron chi connectivity index (χ4n) is 3.22. The summed E-state index contributed by atoms with van der Waals surface area (Å²) >= 11 is 0. The molecule has 5 nitrogen and oxygen atoms in total. The molecule has 5 heteroatoms. The zero-order chi connectivity index (χ0) is 19.4. The van der Waals surface area contributed by atoms with Crippen LogP contribution in [0.1, 0.15) is 39.3 Å². The van der Waals surface area contributed by atoms with Crippen LogP contribution in [0.15, 0.2) is 42.6 Å². The van der Waals surface area contributed by atoms with Gasteiger partial charge in [0.25, 0.3) is 0 Å². The van der Waals surface area contributed by atoms with Gasteiger partial charge in [-0.1, -0.05) is 13.3 Å². The van der Waals surface area contributed by atoms with Gasteiger partial charge in [0.15, 0.2) is 0 Å². The smallest absolute Gasteiger partial charge is 0.137 e. The lowest BCUT2D eigenvalue weighted by Gasteiger charge is -2.17. The lowest BCUT2D eigenvalue weighted by atomic mass is 10.1. The van der Waals surface area contributed by atoms with Crippen LogP contribution in [0, 0.1) is 0 Å². The second-order valence-corrected chi connectivity index (χ2v) is 7.38. The molecular weight excluding hydrogens is 336 g/mol. The highest BCUT2D eigenvalue weighted by atomic mass is 16.5. The minimum absolute atomic E-state index is 0.164. The molecule has 144 valence electrons. The van der Waals surface area contributed by atoms with Gasteiger partial charge >= 0.3 is 0 Å². The van der Waals surface area contributed by atoms with Crippen LogP contribution >= 0.6 is 0 Å². The molecule has 0 radical (unpaired) electrons. The van der Waals surface area contributed by atoms with Gasteiger partial charge in [0.2, 0.25) is 0 Å². The molecule has 0 saturated carbocycles. The van der Waals surface area contributed by atoms with Crippen molar-refractivity contribution in [2.24, 2.45) is 0 Å². The normalized spacial score (nSPS) is 11.6. The number of rotatable bonds is 8. The molecule has 0 aliphatic rings. The number of pyridine rings is 1. The van der Waals surface area contributed by atoms with Crippen molar-refractivity contribution in [2.75, 3.05) is 19.3 Å². The Bertz CT molecular complexity index is 883. The highest BCUT2D eigenvalue weighted by Gasteiger charge is 2.16. The molecule has 0 aliphatic carbocycles. The van der Waals surface area contributed by atoms with E-state index in [2.05, 4.69) is 35.4 Å². The van der Waals surface area contributed by atoms with Crippen LogP contribution in [0.3, 0.4) is 0 Å². The van der Waals surface area contributed by atoms with Gasteiger partial charge in [0, 0.05) is 24.0 Å². The molecule has 0 amide bonds. The van der Waals surface area contributed by atoms with E-state index < -0.39 is 0 Å². The number of unbranched alkanes of at least 4 members (excludes halogenated alkanes) is 1. The first kappa shape index (κ1) is 19.2. The van der Waals surface area contributed by atoms with E-state index in [1.807, 2.05) is 44.3 Å². The van der Waals surface area contributed by atoms with E-state index in [-0.39, 0.29) is 6.10 Å². The summed E-state index contributed by atoms with van der Waals surface area (Å²) in [6.07, 6.45) is 4.50. The molecule has 2 heterocycles. The zero-order valence-corrected chi connectivity index (χ0v) is 16.8. The fourth-order valence-corrected chi connectivity index (χ4v) is 3.22. The number of hydrogen-bond acceptors (Lipinski definition) is 4. The quantitative estimate of drug-likeness (QED) is 0.633. The number of fused-ring (bicyclic) bond motifs is 1. The van der Waals surface area contributed by atoms with Crippen molar-refractivity contribution >= 4 is 11.3 Å². The summed E-state index contributed by atoms with van der Waals surface area (Å²) in [5, 5.41) is 0. The summed E-state index contributed by atoms with van der Waals surface area (Å²) in [6.45, 7) is 8.17. The van der Waals surface area contributed by atoms with Crippen LogP contribution < -0.4 is 10.5 Å². The van der Waals surface area contributed by atoms with Gasteiger partial charge in [-0.05, 0) is 70.3 Å². The minimum atomic E-state index is 0.164. The van der Waals surface area contributed by atoms with Gasteiger partial charge in [-0.3, -0.25) is 0 Å². The van der Waals surface area contributed by atoms with Crippen LogP contribution in [-0.2, 0) is 6.54 Å². The lowest BCUT2D eigenvalue weighted by molar-refractivity contribution is 0.242. The third-order valence-electron chi connectivity index (χ3n) is 4.55. The van der Waals surface area contributed by atoms with Gasteiger partial charge in [-0.15, -0.1) is 0 Å². The first-order chi connectivity index (χ1) is 13.0. The summed E-state index contributed by atoms with van der Waals surface area (Å²) in [6, 6.07) is 12.1. The molecule has 3 rings (SSSR count). The SMILES string of the molecule is CCCCN(C)Cc1c(-c2ccc(OC(C)C)cc2)nc2ccc(N)cn12. The topological polar surface area (TPSA) is 55.8 Å². The highest BCUT2D eigenvalue weighted by molar-refractivity contribution is 5.68. The van der Waals surface area contributed by atoms with Crippen molar-refractivity contribution < 1.29 is 4.74 Å². The Morgan fingerprint density at radius 2 is 1.89 bits per heavy atom. The zero-order valence-electron chi connectivity index (χ0n) is 16.8. The highest BCUT2D eigenvalue weighted by Crippen LogP contribution is 2.28. The number of anilines is 1. The maximum Gasteiger partial charge on any atom is 0.137 e. The standard InChI is InChI=1S/C22H30N4O/c1-5-6-13-25(4)15-20-22(24-21-12-9-18(23)14-26(20)21)17-7-10-19(11-8-17)27-16(2)3/h7-12,14,16H,5-6,13,15,23H2,1-4H3. The molecule has 2 aromatic heterocycles. The van der Waals surface area contributed by atoms with Crippen LogP contribution in [0.4, 0.5) is 5.69 Å². The Morgan fingerprint density at radius 3 is 2.56 bits per heavy atom. The van der Waals surface area contributed by atoms with Crippen LogP contribution in [0.25, 0.3) is 16.9 Å². The average Bonchev–Trinajstić information content (AvgIpc) is 2.98. The van der Waals surface area contributed by atoms with E-state index >= 15 is 0 Å². The molecule has 0 atom stereocenters. The predicted octanol–water partition coefficient (Wildman–Crippen LogP) is 4.60.